The van der Waals surface area contributed by atoms with Crippen LogP contribution in [0.2, 0.25) is 0 Å². The van der Waals surface area contributed by atoms with Crippen LogP contribution in [0.4, 0.5) is 16.2 Å². The Labute approximate surface area is 124 Å². The van der Waals surface area contributed by atoms with Gasteiger partial charge in [-0.1, -0.05) is 0 Å². The SMILES string of the molecule is CC(C(=O)O)N(C)C(=O)Nc1ccc(N2CCCC2)cc1. The van der Waals surface area contributed by atoms with Crippen LogP contribution in [0.15, 0.2) is 24.3 Å². The Hall–Kier alpha value is -2.24. The number of likely N-dealkylation sites (N-methyl/N-ethyl adjacent to an activating group) is 1. The van der Waals surface area contributed by atoms with Gasteiger partial charge >= 0.3 is 12.0 Å². The van der Waals surface area contributed by atoms with E-state index in [1.165, 1.54) is 26.8 Å². The van der Waals surface area contributed by atoms with E-state index in [4.69, 9.17) is 5.11 Å². The fraction of sp³-hybridized carbons (Fsp3) is 0.467. The summed E-state index contributed by atoms with van der Waals surface area (Å²) in [6.45, 7) is 3.62. The van der Waals surface area contributed by atoms with Crippen molar-refractivity contribution >= 4 is 23.4 Å². The zero-order valence-electron chi connectivity index (χ0n) is 12.4. The van der Waals surface area contributed by atoms with Gasteiger partial charge in [0.15, 0.2) is 0 Å². The van der Waals surface area contributed by atoms with E-state index < -0.39 is 18.0 Å². The summed E-state index contributed by atoms with van der Waals surface area (Å²) in [6.07, 6.45) is 2.44. The number of carboxylic acids is 1. The highest BCUT2D eigenvalue weighted by Crippen LogP contribution is 2.22. The van der Waals surface area contributed by atoms with E-state index in [1.807, 2.05) is 24.3 Å². The number of amides is 2. The molecule has 1 unspecified atom stereocenters. The number of nitrogens with one attached hydrogen (secondary N) is 1. The predicted octanol–water partition coefficient (Wildman–Crippen LogP) is 2.22. The van der Waals surface area contributed by atoms with Gasteiger partial charge in [0.25, 0.3) is 0 Å². The van der Waals surface area contributed by atoms with Crippen LogP contribution in [-0.2, 0) is 4.79 Å². The number of hydrogen-bond acceptors (Lipinski definition) is 3. The normalized spacial score (nSPS) is 15.6. The Morgan fingerprint density at radius 3 is 2.33 bits per heavy atom. The van der Waals surface area contributed by atoms with Crippen LogP contribution in [0.3, 0.4) is 0 Å². The first kappa shape index (κ1) is 15.2. The Bertz CT molecular complexity index is 509. The zero-order valence-corrected chi connectivity index (χ0v) is 12.4. The molecule has 0 bridgehead atoms. The molecule has 1 aromatic rings. The molecular formula is C15H21N3O3. The van der Waals surface area contributed by atoms with E-state index in [9.17, 15) is 9.59 Å². The van der Waals surface area contributed by atoms with Crippen molar-refractivity contribution in [1.82, 2.24) is 4.90 Å². The number of benzene rings is 1. The molecule has 2 N–H and O–H groups in total. The average Bonchev–Trinajstić information content (AvgIpc) is 3.00. The first-order valence-corrected chi connectivity index (χ1v) is 7.10. The molecule has 2 amide bonds. The molecular weight excluding hydrogens is 270 g/mol. The van der Waals surface area contributed by atoms with Crippen LogP contribution < -0.4 is 10.2 Å². The highest BCUT2D eigenvalue weighted by Gasteiger charge is 2.21. The zero-order chi connectivity index (χ0) is 15.4. The van der Waals surface area contributed by atoms with Crippen LogP contribution in [0, 0.1) is 0 Å². The van der Waals surface area contributed by atoms with Gasteiger partial charge in [0, 0.05) is 31.5 Å². The molecule has 0 radical (unpaired) electrons. The number of aliphatic carboxylic acids is 1. The minimum Gasteiger partial charge on any atom is -0.480 e. The van der Waals surface area contributed by atoms with E-state index >= 15 is 0 Å². The molecule has 1 fully saturated rings. The Morgan fingerprint density at radius 1 is 1.24 bits per heavy atom. The topological polar surface area (TPSA) is 72.9 Å². The largest absolute Gasteiger partial charge is 0.480 e. The molecule has 1 aliphatic rings. The fourth-order valence-electron chi connectivity index (χ4n) is 2.28. The van der Waals surface area contributed by atoms with E-state index in [-0.39, 0.29) is 0 Å². The van der Waals surface area contributed by atoms with Crippen molar-refractivity contribution in [3.8, 4) is 0 Å². The van der Waals surface area contributed by atoms with E-state index in [0.29, 0.717) is 5.69 Å². The van der Waals surface area contributed by atoms with Gasteiger partial charge in [-0.2, -0.15) is 0 Å². The van der Waals surface area contributed by atoms with Crippen LogP contribution in [0.25, 0.3) is 0 Å². The predicted molar refractivity (Wildman–Crippen MR) is 81.8 cm³/mol. The van der Waals surface area contributed by atoms with Crippen LogP contribution in [0.5, 0.6) is 0 Å². The number of carboxylic acid groups (broad SMARTS) is 1. The lowest BCUT2D eigenvalue weighted by molar-refractivity contribution is -0.141. The van der Waals surface area contributed by atoms with Crippen molar-refractivity contribution in [2.24, 2.45) is 0 Å². The molecule has 1 heterocycles. The lowest BCUT2D eigenvalue weighted by Gasteiger charge is -2.22. The molecule has 0 saturated carbocycles. The Balaban J connectivity index is 1.96. The fourth-order valence-corrected chi connectivity index (χ4v) is 2.28. The molecule has 0 aromatic heterocycles. The van der Waals surface area contributed by atoms with Gasteiger partial charge in [-0.15, -0.1) is 0 Å². The Morgan fingerprint density at radius 2 is 1.81 bits per heavy atom. The smallest absolute Gasteiger partial charge is 0.326 e. The summed E-state index contributed by atoms with van der Waals surface area (Å²) in [7, 11) is 1.47. The number of urea groups is 1. The minimum atomic E-state index is -1.03. The van der Waals surface area contributed by atoms with Gasteiger partial charge in [-0.3, -0.25) is 0 Å². The van der Waals surface area contributed by atoms with Crippen LogP contribution in [0.1, 0.15) is 19.8 Å². The lowest BCUT2D eigenvalue weighted by atomic mass is 10.2. The highest BCUT2D eigenvalue weighted by atomic mass is 16.4. The van der Waals surface area contributed by atoms with Crippen molar-refractivity contribution in [2.75, 3.05) is 30.4 Å². The van der Waals surface area contributed by atoms with Crippen molar-refractivity contribution < 1.29 is 14.7 Å². The molecule has 1 aromatic carbocycles. The number of anilines is 2. The number of rotatable bonds is 4. The van der Waals surface area contributed by atoms with Gasteiger partial charge in [0.1, 0.15) is 6.04 Å². The molecule has 1 atom stereocenters. The van der Waals surface area contributed by atoms with Crippen molar-refractivity contribution in [2.45, 2.75) is 25.8 Å². The number of carbonyl (C=O) groups excluding carboxylic acids is 1. The number of nitrogens with zero attached hydrogens (tertiary/aromatic N) is 2. The Kier molecular flexibility index (Phi) is 4.67. The van der Waals surface area contributed by atoms with Crippen molar-refractivity contribution in [1.29, 1.82) is 0 Å². The lowest BCUT2D eigenvalue weighted by Crippen LogP contribution is -2.42. The summed E-state index contributed by atoms with van der Waals surface area (Å²) in [5.74, 6) is -1.03. The highest BCUT2D eigenvalue weighted by molar-refractivity contribution is 5.92. The minimum absolute atomic E-state index is 0.432. The third-order valence-corrected chi connectivity index (χ3v) is 3.85. The number of carbonyl (C=O) groups is 2. The standard InChI is InChI=1S/C15H21N3O3/c1-11(14(19)20)17(2)15(21)16-12-5-7-13(8-6-12)18-9-3-4-10-18/h5-8,11H,3-4,9-10H2,1-2H3,(H,16,21)(H,19,20). The number of hydrogen-bond donors (Lipinski definition) is 2. The summed E-state index contributed by atoms with van der Waals surface area (Å²) in [6, 6.07) is 6.33. The van der Waals surface area contributed by atoms with Crippen LogP contribution in [-0.4, -0.2) is 48.2 Å². The quantitative estimate of drug-likeness (QED) is 0.892. The van der Waals surface area contributed by atoms with Crippen LogP contribution >= 0.6 is 0 Å². The maximum Gasteiger partial charge on any atom is 0.326 e. The monoisotopic (exact) mass is 291 g/mol. The van der Waals surface area contributed by atoms with E-state index in [2.05, 4.69) is 10.2 Å². The second-order valence-corrected chi connectivity index (χ2v) is 5.30. The summed E-state index contributed by atoms with van der Waals surface area (Å²) in [5, 5.41) is 11.6. The summed E-state index contributed by atoms with van der Waals surface area (Å²) < 4.78 is 0. The molecule has 1 saturated heterocycles. The maximum absolute atomic E-state index is 11.9. The van der Waals surface area contributed by atoms with Gasteiger partial charge < -0.3 is 20.2 Å². The second kappa shape index (κ2) is 6.47. The van der Waals surface area contributed by atoms with Gasteiger partial charge in [-0.05, 0) is 44.0 Å². The molecule has 21 heavy (non-hydrogen) atoms. The van der Waals surface area contributed by atoms with Crippen molar-refractivity contribution in [3.63, 3.8) is 0 Å². The first-order chi connectivity index (χ1) is 9.99. The molecule has 1 aliphatic heterocycles. The molecule has 114 valence electrons. The molecule has 0 spiro atoms. The third-order valence-electron chi connectivity index (χ3n) is 3.85. The molecule has 2 rings (SSSR count). The van der Waals surface area contributed by atoms with E-state index in [1.54, 1.807) is 0 Å². The summed E-state index contributed by atoms with van der Waals surface area (Å²) in [5.41, 5.74) is 1.81. The molecule has 6 nitrogen and oxygen atoms in total. The second-order valence-electron chi connectivity index (χ2n) is 5.30. The molecule has 0 aliphatic carbocycles. The third kappa shape index (κ3) is 3.65. The summed E-state index contributed by atoms with van der Waals surface area (Å²) >= 11 is 0. The van der Waals surface area contributed by atoms with E-state index in [0.717, 1.165) is 23.7 Å². The maximum atomic E-state index is 11.9. The average molecular weight is 291 g/mol. The van der Waals surface area contributed by atoms with Crippen molar-refractivity contribution in [3.05, 3.63) is 24.3 Å². The van der Waals surface area contributed by atoms with Gasteiger partial charge in [0.2, 0.25) is 0 Å². The summed E-state index contributed by atoms with van der Waals surface area (Å²) in [4.78, 5) is 26.3. The van der Waals surface area contributed by atoms with Gasteiger partial charge in [0.05, 0.1) is 0 Å². The molecule has 6 heteroatoms. The first-order valence-electron chi connectivity index (χ1n) is 7.10. The van der Waals surface area contributed by atoms with Gasteiger partial charge in [-0.25, -0.2) is 9.59 Å².